The van der Waals surface area contributed by atoms with Crippen LogP contribution in [0.15, 0.2) is 54.6 Å². The van der Waals surface area contributed by atoms with Crippen molar-refractivity contribution in [3.05, 3.63) is 65.7 Å². The zero-order valence-electron chi connectivity index (χ0n) is 18.5. The number of amides is 2. The molecule has 0 bridgehead atoms. The molecule has 0 aliphatic carbocycles. The Morgan fingerprint density at radius 2 is 1.77 bits per heavy atom. The highest BCUT2D eigenvalue weighted by Crippen LogP contribution is 2.22. The molecule has 0 spiro atoms. The zero-order valence-corrected chi connectivity index (χ0v) is 19.3. The molecule has 31 heavy (non-hydrogen) atoms. The second kappa shape index (κ2) is 9.47. The number of benzene rings is 2. The first kappa shape index (κ1) is 22.7. The summed E-state index contributed by atoms with van der Waals surface area (Å²) in [5.74, 6) is -0.380. The Hall–Kier alpha value is -2.93. The number of nitrogens with one attached hydrogen (secondary N) is 2. The molecular weight excluding hydrogens is 408 g/mol. The molecule has 0 saturated heterocycles. The molecule has 2 amide bonds. The van der Waals surface area contributed by atoms with Crippen LogP contribution in [-0.4, -0.2) is 58.4 Å². The summed E-state index contributed by atoms with van der Waals surface area (Å²) >= 11 is 5.53. The van der Waals surface area contributed by atoms with Gasteiger partial charge in [0.25, 0.3) is 5.91 Å². The summed E-state index contributed by atoms with van der Waals surface area (Å²) in [7, 11) is 1.83. The Bertz CT molecular complexity index is 956. The molecular formula is C24H30N4O2S. The van der Waals surface area contributed by atoms with Gasteiger partial charge in [-0.15, -0.1) is 0 Å². The number of hydrogen-bond acceptors (Lipinski definition) is 3. The van der Waals surface area contributed by atoms with Crippen molar-refractivity contribution in [3.8, 4) is 0 Å². The molecule has 2 N–H and O–H groups in total. The Morgan fingerprint density at radius 3 is 2.45 bits per heavy atom. The fourth-order valence-electron chi connectivity index (χ4n) is 3.56. The molecule has 6 nitrogen and oxygen atoms in total. The van der Waals surface area contributed by atoms with E-state index < -0.39 is 11.6 Å². The summed E-state index contributed by atoms with van der Waals surface area (Å²) in [6.07, 6.45) is 0.648. The van der Waals surface area contributed by atoms with Gasteiger partial charge in [0.15, 0.2) is 5.11 Å². The molecule has 1 heterocycles. The summed E-state index contributed by atoms with van der Waals surface area (Å²) in [4.78, 5) is 30.5. The lowest BCUT2D eigenvalue weighted by Gasteiger charge is -2.35. The van der Waals surface area contributed by atoms with Gasteiger partial charge >= 0.3 is 0 Å². The average molecular weight is 439 g/mol. The van der Waals surface area contributed by atoms with Crippen LogP contribution in [0.2, 0.25) is 0 Å². The molecule has 164 valence electrons. The molecule has 1 unspecified atom stereocenters. The lowest BCUT2D eigenvalue weighted by atomic mass is 10.0. The van der Waals surface area contributed by atoms with Crippen molar-refractivity contribution in [3.63, 3.8) is 0 Å². The molecule has 2 aromatic rings. The standard InChI is InChI=1S/C24H30N4O2S/c1-24(2,3)26-21(29)20-16-27(4)23(31)25-19-13-9-8-12-18(19)22(30)28(20)15-14-17-10-6-5-7-11-17/h5-13,20H,14-16H2,1-4H3,(H,25,31)(H,26,29). The van der Waals surface area contributed by atoms with Crippen molar-refractivity contribution in [1.82, 2.24) is 15.1 Å². The SMILES string of the molecule is CN1CC(C(=O)NC(C)(C)C)N(CCc2ccccc2)C(=O)c2ccccc2NC1=S. The molecule has 1 aliphatic rings. The number of carbonyl (C=O) groups is 2. The Balaban J connectivity index is 2.02. The van der Waals surface area contributed by atoms with Crippen LogP contribution in [0.3, 0.4) is 0 Å². The lowest BCUT2D eigenvalue weighted by Crippen LogP contribution is -2.58. The van der Waals surface area contributed by atoms with Gasteiger partial charge in [0.2, 0.25) is 5.91 Å². The topological polar surface area (TPSA) is 64.7 Å². The van der Waals surface area contributed by atoms with Crippen molar-refractivity contribution in [2.24, 2.45) is 0 Å². The maximum atomic E-state index is 13.7. The van der Waals surface area contributed by atoms with Gasteiger partial charge in [-0.2, -0.15) is 0 Å². The van der Waals surface area contributed by atoms with Gasteiger partial charge in [0.05, 0.1) is 11.3 Å². The van der Waals surface area contributed by atoms with E-state index in [2.05, 4.69) is 10.6 Å². The molecule has 0 saturated carbocycles. The first-order valence-corrected chi connectivity index (χ1v) is 10.8. The number of anilines is 1. The van der Waals surface area contributed by atoms with Gasteiger partial charge in [-0.1, -0.05) is 42.5 Å². The maximum absolute atomic E-state index is 13.7. The summed E-state index contributed by atoms with van der Waals surface area (Å²) in [6, 6.07) is 16.6. The van der Waals surface area contributed by atoms with E-state index in [0.717, 1.165) is 5.56 Å². The molecule has 1 aliphatic heterocycles. The zero-order chi connectivity index (χ0) is 22.6. The van der Waals surface area contributed by atoms with Crippen molar-refractivity contribution >= 4 is 34.8 Å². The van der Waals surface area contributed by atoms with Crippen LogP contribution in [0.1, 0.15) is 36.7 Å². The van der Waals surface area contributed by atoms with Gasteiger partial charge in [0.1, 0.15) is 6.04 Å². The summed E-state index contributed by atoms with van der Waals surface area (Å²) in [5, 5.41) is 6.68. The largest absolute Gasteiger partial charge is 0.350 e. The predicted molar refractivity (Wildman–Crippen MR) is 128 cm³/mol. The highest BCUT2D eigenvalue weighted by molar-refractivity contribution is 7.80. The van der Waals surface area contributed by atoms with Crippen molar-refractivity contribution in [1.29, 1.82) is 0 Å². The fraction of sp³-hybridized carbons (Fsp3) is 0.375. The minimum absolute atomic E-state index is 0.189. The number of fused-ring (bicyclic) bond motifs is 1. The fourth-order valence-corrected chi connectivity index (χ4v) is 3.74. The van der Waals surface area contributed by atoms with Crippen LogP contribution in [0, 0.1) is 0 Å². The third-order valence-corrected chi connectivity index (χ3v) is 5.53. The number of hydrogen-bond donors (Lipinski definition) is 2. The number of para-hydroxylation sites is 1. The molecule has 7 heteroatoms. The first-order chi connectivity index (χ1) is 14.7. The number of rotatable bonds is 4. The van der Waals surface area contributed by atoms with Crippen molar-refractivity contribution in [2.45, 2.75) is 38.8 Å². The maximum Gasteiger partial charge on any atom is 0.256 e. The van der Waals surface area contributed by atoms with E-state index in [1.165, 1.54) is 0 Å². The highest BCUT2D eigenvalue weighted by atomic mass is 32.1. The van der Waals surface area contributed by atoms with Crippen LogP contribution in [0.5, 0.6) is 0 Å². The van der Waals surface area contributed by atoms with Crippen LogP contribution < -0.4 is 10.6 Å². The Kier molecular flexibility index (Phi) is 6.95. The van der Waals surface area contributed by atoms with Crippen LogP contribution in [0.4, 0.5) is 5.69 Å². The van der Waals surface area contributed by atoms with E-state index >= 15 is 0 Å². The van der Waals surface area contributed by atoms with E-state index in [4.69, 9.17) is 12.2 Å². The average Bonchev–Trinajstić information content (AvgIpc) is 2.75. The second-order valence-electron chi connectivity index (χ2n) is 8.85. The smallest absolute Gasteiger partial charge is 0.256 e. The van der Waals surface area contributed by atoms with E-state index in [0.29, 0.717) is 35.9 Å². The minimum Gasteiger partial charge on any atom is -0.350 e. The molecule has 3 rings (SSSR count). The summed E-state index contributed by atoms with van der Waals surface area (Å²) in [6.45, 7) is 6.51. The van der Waals surface area contributed by atoms with Gasteiger partial charge in [0, 0.05) is 25.7 Å². The second-order valence-corrected chi connectivity index (χ2v) is 9.23. The van der Waals surface area contributed by atoms with E-state index in [-0.39, 0.29) is 11.8 Å². The summed E-state index contributed by atoms with van der Waals surface area (Å²) < 4.78 is 0. The Labute approximate surface area is 189 Å². The highest BCUT2D eigenvalue weighted by Gasteiger charge is 2.35. The molecule has 0 radical (unpaired) electrons. The van der Waals surface area contributed by atoms with Gasteiger partial charge < -0.3 is 20.4 Å². The number of likely N-dealkylation sites (N-methyl/N-ethyl adjacent to an activating group) is 1. The van der Waals surface area contributed by atoms with Crippen LogP contribution in [0.25, 0.3) is 0 Å². The quantitative estimate of drug-likeness (QED) is 0.717. The van der Waals surface area contributed by atoms with E-state index in [1.807, 2.05) is 81.2 Å². The van der Waals surface area contributed by atoms with Crippen LogP contribution >= 0.6 is 12.2 Å². The van der Waals surface area contributed by atoms with Crippen LogP contribution in [-0.2, 0) is 11.2 Å². The van der Waals surface area contributed by atoms with Gasteiger partial charge in [-0.3, -0.25) is 9.59 Å². The third kappa shape index (κ3) is 5.82. The molecule has 0 fully saturated rings. The number of nitrogens with zero attached hydrogens (tertiary/aromatic N) is 2. The number of carbonyl (C=O) groups excluding carboxylic acids is 2. The first-order valence-electron chi connectivity index (χ1n) is 10.4. The summed E-state index contributed by atoms with van der Waals surface area (Å²) in [5.41, 5.74) is 1.84. The van der Waals surface area contributed by atoms with Gasteiger partial charge in [-0.05, 0) is 57.1 Å². The van der Waals surface area contributed by atoms with E-state index in [1.54, 1.807) is 11.0 Å². The van der Waals surface area contributed by atoms with Crippen molar-refractivity contribution in [2.75, 3.05) is 25.5 Å². The molecule has 1 atom stereocenters. The number of thiocarbonyl (C=S) groups is 1. The monoisotopic (exact) mass is 438 g/mol. The molecule has 0 aromatic heterocycles. The van der Waals surface area contributed by atoms with Crippen molar-refractivity contribution < 1.29 is 9.59 Å². The normalized spacial score (nSPS) is 17.2. The Morgan fingerprint density at radius 1 is 1.13 bits per heavy atom. The third-order valence-electron chi connectivity index (χ3n) is 5.11. The predicted octanol–water partition coefficient (Wildman–Crippen LogP) is 3.30. The molecule has 2 aromatic carbocycles. The van der Waals surface area contributed by atoms with Gasteiger partial charge in [-0.25, -0.2) is 0 Å². The minimum atomic E-state index is -0.689. The lowest BCUT2D eigenvalue weighted by molar-refractivity contribution is -0.127. The van der Waals surface area contributed by atoms with E-state index in [9.17, 15) is 9.59 Å².